The maximum absolute atomic E-state index is 14.8. The number of phenols is 1. The van der Waals surface area contributed by atoms with Gasteiger partial charge in [0.2, 0.25) is 5.91 Å². The van der Waals surface area contributed by atoms with E-state index in [1.807, 2.05) is 26.0 Å². The fourth-order valence-electron chi connectivity index (χ4n) is 11.5. The van der Waals surface area contributed by atoms with Gasteiger partial charge in [0.05, 0.1) is 18.1 Å². The summed E-state index contributed by atoms with van der Waals surface area (Å²) in [5.41, 5.74) is -1.12. The van der Waals surface area contributed by atoms with Crippen LogP contribution in [-0.4, -0.2) is 41.7 Å². The number of phenolic OH excluding ortho intramolecular Hbond substituents is 1. The van der Waals surface area contributed by atoms with E-state index in [4.69, 9.17) is 4.74 Å². The van der Waals surface area contributed by atoms with Gasteiger partial charge < -0.3 is 15.2 Å². The number of hydrogen-bond acceptors (Lipinski definition) is 7. The molecule has 0 bridgehead atoms. The summed E-state index contributed by atoms with van der Waals surface area (Å²) in [5, 5.41) is 22.9. The van der Waals surface area contributed by atoms with Crippen molar-refractivity contribution in [1.29, 1.82) is 5.26 Å². The highest BCUT2D eigenvalue weighted by Crippen LogP contribution is 2.74. The summed E-state index contributed by atoms with van der Waals surface area (Å²) in [6, 6.07) is 7.82. The van der Waals surface area contributed by atoms with Gasteiger partial charge in [-0.2, -0.15) is 5.26 Å². The number of nitrogens with zero attached hydrogens (tertiary/aromatic N) is 1. The number of aromatic hydroxyl groups is 1. The Kier molecular flexibility index (Phi) is 8.17. The molecule has 8 heteroatoms. The average molecular weight is 669 g/mol. The highest BCUT2D eigenvalue weighted by molar-refractivity contribution is 6.04. The Morgan fingerprint density at radius 2 is 1.65 bits per heavy atom. The van der Waals surface area contributed by atoms with E-state index in [-0.39, 0.29) is 57.9 Å². The van der Waals surface area contributed by atoms with Crippen molar-refractivity contribution in [2.45, 2.75) is 106 Å². The van der Waals surface area contributed by atoms with Crippen molar-refractivity contribution >= 4 is 23.4 Å². The second kappa shape index (κ2) is 11.4. The molecule has 0 aromatic heterocycles. The van der Waals surface area contributed by atoms with Crippen molar-refractivity contribution in [3.8, 4) is 11.8 Å². The van der Waals surface area contributed by atoms with Gasteiger partial charge in [-0.05, 0) is 96.8 Å². The van der Waals surface area contributed by atoms with Gasteiger partial charge in [-0.15, -0.1) is 0 Å². The molecule has 6 rings (SSSR count). The Labute approximate surface area is 290 Å². The largest absolute Gasteiger partial charge is 0.508 e. The zero-order chi connectivity index (χ0) is 35.9. The van der Waals surface area contributed by atoms with Gasteiger partial charge in [-0.25, -0.2) is 4.79 Å². The van der Waals surface area contributed by atoms with Crippen molar-refractivity contribution in [2.75, 3.05) is 7.11 Å². The number of nitrogens with one attached hydrogen (secondary N) is 1. The van der Waals surface area contributed by atoms with E-state index in [2.05, 4.69) is 46.0 Å². The molecule has 5 aliphatic rings. The molecule has 8 atom stereocenters. The van der Waals surface area contributed by atoms with Crippen LogP contribution in [0.1, 0.15) is 99.0 Å². The molecule has 0 saturated heterocycles. The van der Waals surface area contributed by atoms with E-state index in [1.54, 1.807) is 24.3 Å². The molecule has 262 valence electrons. The third-order valence-corrected chi connectivity index (χ3v) is 14.5. The standard InChI is InChI=1S/C41H52N2O6/c1-36(2)15-17-41(35(48)43-28(34(47)49-8)19-24-9-11-26(44)12-10-24)18-16-40(7)32(27(41)22-36)29(45)20-31-38(5)21-25(23-42)33(46)37(3,4)30(38)13-14-39(31,40)6/h9-12,20-21,27-28,30,32,44H,13-19,22H2,1-8H3,(H,43,48)/t27-,28?,30-,32-,38-,39+,40+,41-/m0/s1. The van der Waals surface area contributed by atoms with Crippen LogP contribution >= 0.6 is 0 Å². The number of Topliss-reactive ketones (excluding diaryl/α,β-unsaturated/α-hetero) is 1. The predicted molar refractivity (Wildman–Crippen MR) is 185 cm³/mol. The first-order valence-electron chi connectivity index (χ1n) is 17.9. The molecule has 49 heavy (non-hydrogen) atoms. The van der Waals surface area contributed by atoms with E-state index in [1.165, 1.54) is 7.11 Å². The van der Waals surface area contributed by atoms with Crippen molar-refractivity contribution in [1.82, 2.24) is 5.32 Å². The van der Waals surface area contributed by atoms with E-state index in [0.717, 1.165) is 30.4 Å². The van der Waals surface area contributed by atoms with Gasteiger partial charge in [-0.1, -0.05) is 72.2 Å². The SMILES string of the molecule is COC(=O)C(Cc1ccc(O)cc1)NC(=O)[C@]12CCC(C)(C)C[C@H]1[C@H]1C(=O)C=C3[C@@]4(C)C=C(C#N)C(=O)C(C)(C)[C@@H]4CC[C@@]3(C)[C@]1(C)CC2. The number of ketones is 2. The quantitative estimate of drug-likeness (QED) is 0.329. The first-order chi connectivity index (χ1) is 22.8. The van der Waals surface area contributed by atoms with Crippen molar-refractivity contribution in [3.05, 3.63) is 53.1 Å². The Bertz CT molecular complexity index is 1710. The number of benzene rings is 1. The van der Waals surface area contributed by atoms with Crippen molar-refractivity contribution in [2.24, 2.45) is 50.2 Å². The molecule has 2 N–H and O–H groups in total. The Balaban J connectivity index is 1.42. The molecule has 1 unspecified atom stereocenters. The Hall–Kier alpha value is -3.73. The molecule has 0 spiro atoms. The number of hydrogen-bond donors (Lipinski definition) is 2. The highest BCUT2D eigenvalue weighted by Gasteiger charge is 2.71. The molecular weight excluding hydrogens is 616 g/mol. The van der Waals surface area contributed by atoms with Crippen molar-refractivity contribution in [3.63, 3.8) is 0 Å². The lowest BCUT2D eigenvalue weighted by Gasteiger charge is -2.69. The number of esters is 1. The van der Waals surface area contributed by atoms with Gasteiger partial charge in [0, 0.05) is 23.2 Å². The lowest BCUT2D eigenvalue weighted by atomic mass is 9.34. The van der Waals surface area contributed by atoms with Gasteiger partial charge in [0.15, 0.2) is 11.6 Å². The molecule has 8 nitrogen and oxygen atoms in total. The van der Waals surface area contributed by atoms with Crippen LogP contribution in [0, 0.1) is 61.6 Å². The summed E-state index contributed by atoms with van der Waals surface area (Å²) in [6.07, 6.45) is 8.98. The molecular formula is C41H52N2O6. The molecule has 5 aliphatic carbocycles. The number of nitriles is 1. The van der Waals surface area contributed by atoms with Crippen LogP contribution in [-0.2, 0) is 30.3 Å². The number of carbonyl (C=O) groups excluding carboxylic acids is 4. The van der Waals surface area contributed by atoms with E-state index >= 15 is 0 Å². The summed E-state index contributed by atoms with van der Waals surface area (Å²) in [4.78, 5) is 56.0. The zero-order valence-electron chi connectivity index (χ0n) is 30.4. The second-order valence-corrected chi connectivity index (χ2v) is 17.8. The number of ether oxygens (including phenoxy) is 1. The highest BCUT2D eigenvalue weighted by atomic mass is 16.5. The third-order valence-electron chi connectivity index (χ3n) is 14.5. The monoisotopic (exact) mass is 668 g/mol. The maximum atomic E-state index is 14.8. The zero-order valence-corrected chi connectivity index (χ0v) is 30.4. The lowest BCUT2D eigenvalue weighted by molar-refractivity contribution is -0.179. The molecule has 0 aliphatic heterocycles. The molecule has 3 saturated carbocycles. The lowest BCUT2D eigenvalue weighted by Crippen LogP contribution is -2.67. The van der Waals surface area contributed by atoms with Crippen LogP contribution in [0.15, 0.2) is 47.6 Å². The topological polar surface area (TPSA) is 134 Å². The van der Waals surface area contributed by atoms with Crippen LogP contribution < -0.4 is 5.32 Å². The summed E-state index contributed by atoms with van der Waals surface area (Å²) < 4.78 is 5.13. The Morgan fingerprint density at radius 3 is 2.29 bits per heavy atom. The molecule has 1 aromatic rings. The van der Waals surface area contributed by atoms with E-state index in [0.29, 0.717) is 25.7 Å². The van der Waals surface area contributed by atoms with Gasteiger partial charge in [-0.3, -0.25) is 14.4 Å². The molecule has 0 heterocycles. The van der Waals surface area contributed by atoms with Crippen LogP contribution in [0.2, 0.25) is 0 Å². The third kappa shape index (κ3) is 5.04. The maximum Gasteiger partial charge on any atom is 0.328 e. The van der Waals surface area contributed by atoms with Crippen LogP contribution in [0.25, 0.3) is 0 Å². The minimum atomic E-state index is -0.917. The van der Waals surface area contributed by atoms with Crippen LogP contribution in [0.3, 0.4) is 0 Å². The number of fused-ring (bicyclic) bond motifs is 7. The summed E-state index contributed by atoms with van der Waals surface area (Å²) in [5.74, 6) is -1.37. The summed E-state index contributed by atoms with van der Waals surface area (Å²) in [7, 11) is 1.31. The fraction of sp³-hybridized carbons (Fsp3) is 0.634. The summed E-state index contributed by atoms with van der Waals surface area (Å²) >= 11 is 0. The molecule has 3 fully saturated rings. The number of rotatable bonds is 5. The van der Waals surface area contributed by atoms with Gasteiger partial charge in [0.25, 0.3) is 0 Å². The van der Waals surface area contributed by atoms with E-state index in [9.17, 15) is 29.5 Å². The number of amides is 1. The number of allylic oxidation sites excluding steroid dienone is 4. The van der Waals surface area contributed by atoms with Gasteiger partial charge >= 0.3 is 5.97 Å². The second-order valence-electron chi connectivity index (χ2n) is 17.8. The average Bonchev–Trinajstić information content (AvgIpc) is 3.04. The first kappa shape index (κ1) is 35.1. The molecule has 0 radical (unpaired) electrons. The predicted octanol–water partition coefficient (Wildman–Crippen LogP) is 6.81. The van der Waals surface area contributed by atoms with Crippen LogP contribution in [0.5, 0.6) is 5.75 Å². The summed E-state index contributed by atoms with van der Waals surface area (Å²) in [6.45, 7) is 15.0. The normalized spacial score (nSPS) is 37.8. The minimum absolute atomic E-state index is 0.0339. The molecule has 1 aromatic carbocycles. The number of carbonyl (C=O) groups is 4. The van der Waals surface area contributed by atoms with Crippen LogP contribution in [0.4, 0.5) is 0 Å². The van der Waals surface area contributed by atoms with Gasteiger partial charge in [0.1, 0.15) is 17.9 Å². The first-order valence-corrected chi connectivity index (χ1v) is 17.9. The minimum Gasteiger partial charge on any atom is -0.508 e. The Morgan fingerprint density at radius 1 is 1.00 bits per heavy atom. The van der Waals surface area contributed by atoms with Crippen molar-refractivity contribution < 1.29 is 29.0 Å². The number of methoxy groups -OCH3 is 1. The fourth-order valence-corrected chi connectivity index (χ4v) is 11.5. The smallest absolute Gasteiger partial charge is 0.328 e. The molecule has 1 amide bonds. The van der Waals surface area contributed by atoms with E-state index < -0.39 is 39.6 Å².